The summed E-state index contributed by atoms with van der Waals surface area (Å²) in [4.78, 5) is 12.8. The van der Waals surface area contributed by atoms with Crippen molar-refractivity contribution in [2.24, 2.45) is 0 Å². The fourth-order valence-corrected chi connectivity index (χ4v) is 2.04. The largest absolute Gasteiger partial charge is 0.618 e. The van der Waals surface area contributed by atoms with Crippen LogP contribution in [-0.2, 0) is 11.3 Å². The van der Waals surface area contributed by atoms with Gasteiger partial charge in [0.1, 0.15) is 6.29 Å². The number of aromatic nitrogens is 1. The van der Waals surface area contributed by atoms with Crippen molar-refractivity contribution in [3.05, 3.63) is 34.3 Å². The second-order valence-corrected chi connectivity index (χ2v) is 4.50. The van der Waals surface area contributed by atoms with Crippen LogP contribution in [0.3, 0.4) is 0 Å². The number of halogens is 1. The molecular weight excluding hydrogens is 242 g/mol. The summed E-state index contributed by atoms with van der Waals surface area (Å²) in [6.07, 6.45) is 2.39. The Hall–Kier alpha value is -1.17. The third kappa shape index (κ3) is 3.15. The summed E-state index contributed by atoms with van der Waals surface area (Å²) in [6, 6.07) is 3.30. The van der Waals surface area contributed by atoms with Gasteiger partial charge in [0.15, 0.2) is 6.20 Å². The molecule has 1 aliphatic heterocycles. The lowest BCUT2D eigenvalue weighted by Crippen LogP contribution is -2.51. The standard InChI is InChI=1S/C11H14ClN3O2/c12-11-2-1-9(6-15(11)17)5-14-4-3-13-10(7-14)8-16/h1-2,6,8,10,13H,3-5,7H2. The summed E-state index contributed by atoms with van der Waals surface area (Å²) in [6.45, 7) is 2.98. The van der Waals surface area contributed by atoms with E-state index in [2.05, 4.69) is 10.2 Å². The van der Waals surface area contributed by atoms with Crippen molar-refractivity contribution in [2.45, 2.75) is 12.6 Å². The van der Waals surface area contributed by atoms with Crippen molar-refractivity contribution in [3.8, 4) is 0 Å². The highest BCUT2D eigenvalue weighted by atomic mass is 35.5. The van der Waals surface area contributed by atoms with Gasteiger partial charge in [-0.05, 0) is 17.7 Å². The van der Waals surface area contributed by atoms with E-state index in [0.717, 1.165) is 24.9 Å². The molecule has 1 unspecified atom stereocenters. The monoisotopic (exact) mass is 255 g/mol. The smallest absolute Gasteiger partial charge is 0.286 e. The first-order valence-corrected chi connectivity index (χ1v) is 5.85. The predicted octanol–water partition coefficient (Wildman–Crippen LogP) is -0.0539. The Kier molecular flexibility index (Phi) is 3.93. The average Bonchev–Trinajstić information content (AvgIpc) is 2.34. The zero-order chi connectivity index (χ0) is 12.3. The van der Waals surface area contributed by atoms with Gasteiger partial charge < -0.3 is 15.3 Å². The predicted molar refractivity (Wildman–Crippen MR) is 63.5 cm³/mol. The van der Waals surface area contributed by atoms with Crippen molar-refractivity contribution in [3.63, 3.8) is 0 Å². The van der Waals surface area contributed by atoms with Crippen LogP contribution in [0.4, 0.5) is 0 Å². The molecule has 1 N–H and O–H groups in total. The van der Waals surface area contributed by atoms with Crippen LogP contribution in [-0.4, -0.2) is 36.9 Å². The maximum atomic E-state index is 11.3. The maximum Gasteiger partial charge on any atom is 0.286 e. The normalized spacial score (nSPS) is 21.4. The van der Waals surface area contributed by atoms with Gasteiger partial charge in [-0.25, -0.2) is 0 Å². The van der Waals surface area contributed by atoms with Gasteiger partial charge in [-0.3, -0.25) is 4.90 Å². The van der Waals surface area contributed by atoms with E-state index in [1.54, 1.807) is 6.07 Å². The Morgan fingerprint density at radius 2 is 2.47 bits per heavy atom. The summed E-state index contributed by atoms with van der Waals surface area (Å²) >= 11 is 5.65. The van der Waals surface area contributed by atoms with Gasteiger partial charge >= 0.3 is 0 Å². The Bertz CT molecular complexity index is 414. The molecule has 1 saturated heterocycles. The van der Waals surface area contributed by atoms with E-state index in [1.165, 1.54) is 6.20 Å². The summed E-state index contributed by atoms with van der Waals surface area (Å²) < 4.78 is 0.649. The molecule has 1 aromatic heterocycles. The molecule has 0 bridgehead atoms. The lowest BCUT2D eigenvalue weighted by Gasteiger charge is -2.30. The molecular formula is C11H14ClN3O2. The highest BCUT2D eigenvalue weighted by molar-refractivity contribution is 6.28. The van der Waals surface area contributed by atoms with Gasteiger partial charge in [0.2, 0.25) is 0 Å². The fraction of sp³-hybridized carbons (Fsp3) is 0.455. The van der Waals surface area contributed by atoms with E-state index in [9.17, 15) is 10.0 Å². The van der Waals surface area contributed by atoms with Gasteiger partial charge in [0.25, 0.3) is 5.15 Å². The quantitative estimate of drug-likeness (QED) is 0.356. The van der Waals surface area contributed by atoms with Crippen molar-refractivity contribution in [1.82, 2.24) is 10.2 Å². The van der Waals surface area contributed by atoms with Crippen molar-refractivity contribution in [1.29, 1.82) is 0 Å². The van der Waals surface area contributed by atoms with Crippen molar-refractivity contribution in [2.75, 3.05) is 19.6 Å². The van der Waals surface area contributed by atoms with E-state index < -0.39 is 0 Å². The lowest BCUT2D eigenvalue weighted by molar-refractivity contribution is -0.603. The van der Waals surface area contributed by atoms with Crippen LogP contribution in [0, 0.1) is 5.21 Å². The second kappa shape index (κ2) is 5.44. The highest BCUT2D eigenvalue weighted by Gasteiger charge is 2.19. The van der Waals surface area contributed by atoms with E-state index in [0.29, 0.717) is 17.8 Å². The average molecular weight is 256 g/mol. The van der Waals surface area contributed by atoms with Crippen LogP contribution < -0.4 is 10.0 Å². The number of carbonyl (C=O) groups excluding carboxylic acids is 1. The SMILES string of the molecule is O=CC1CN(Cc2ccc(Cl)[n+]([O-])c2)CCN1. The van der Waals surface area contributed by atoms with E-state index >= 15 is 0 Å². The van der Waals surface area contributed by atoms with Gasteiger partial charge in [-0.15, -0.1) is 0 Å². The van der Waals surface area contributed by atoms with Crippen molar-refractivity contribution < 1.29 is 9.52 Å². The van der Waals surface area contributed by atoms with Gasteiger partial charge in [-0.1, -0.05) is 0 Å². The van der Waals surface area contributed by atoms with Crippen molar-refractivity contribution >= 4 is 17.9 Å². The van der Waals surface area contributed by atoms with Crippen LogP contribution in [0.5, 0.6) is 0 Å². The second-order valence-electron chi connectivity index (χ2n) is 4.12. The minimum Gasteiger partial charge on any atom is -0.618 e. The first kappa shape index (κ1) is 12.3. The third-order valence-electron chi connectivity index (χ3n) is 2.79. The number of hydrogen-bond acceptors (Lipinski definition) is 4. The van der Waals surface area contributed by atoms with E-state index in [4.69, 9.17) is 11.6 Å². The van der Waals surface area contributed by atoms with E-state index in [-0.39, 0.29) is 11.2 Å². The molecule has 0 amide bonds. The van der Waals surface area contributed by atoms with Crippen LogP contribution in [0.1, 0.15) is 5.56 Å². The molecule has 1 aromatic rings. The number of rotatable bonds is 3. The zero-order valence-electron chi connectivity index (χ0n) is 9.30. The number of piperazine rings is 1. The Morgan fingerprint density at radius 3 is 3.18 bits per heavy atom. The minimum absolute atomic E-state index is 0.115. The molecule has 1 atom stereocenters. The van der Waals surface area contributed by atoms with Gasteiger partial charge in [-0.2, -0.15) is 4.73 Å². The van der Waals surface area contributed by atoms with Crippen LogP contribution in [0.15, 0.2) is 18.3 Å². The van der Waals surface area contributed by atoms with E-state index in [1.807, 2.05) is 6.07 Å². The number of pyridine rings is 1. The lowest BCUT2D eigenvalue weighted by atomic mass is 10.2. The molecule has 0 saturated carbocycles. The molecule has 2 heterocycles. The summed E-state index contributed by atoms with van der Waals surface area (Å²) in [5.74, 6) is 0. The van der Waals surface area contributed by atoms with Crippen LogP contribution in [0.25, 0.3) is 0 Å². The topological polar surface area (TPSA) is 59.3 Å². The molecule has 0 radical (unpaired) electrons. The number of nitrogens with one attached hydrogen (secondary N) is 1. The molecule has 5 nitrogen and oxygen atoms in total. The number of aldehydes is 1. The molecule has 0 spiro atoms. The number of carbonyl (C=O) groups is 1. The van der Waals surface area contributed by atoms with Gasteiger partial charge in [0, 0.05) is 37.8 Å². The summed E-state index contributed by atoms with van der Waals surface area (Å²) in [5.41, 5.74) is 0.899. The van der Waals surface area contributed by atoms with Gasteiger partial charge in [0.05, 0.1) is 6.04 Å². The molecule has 0 aliphatic carbocycles. The zero-order valence-corrected chi connectivity index (χ0v) is 10.1. The Morgan fingerprint density at radius 1 is 1.65 bits per heavy atom. The minimum atomic E-state index is -0.115. The van der Waals surface area contributed by atoms with Crippen LogP contribution in [0.2, 0.25) is 5.15 Å². The third-order valence-corrected chi connectivity index (χ3v) is 3.08. The Balaban J connectivity index is 2.00. The summed E-state index contributed by atoms with van der Waals surface area (Å²) in [7, 11) is 0. The molecule has 6 heteroatoms. The molecule has 17 heavy (non-hydrogen) atoms. The first-order valence-electron chi connectivity index (χ1n) is 5.47. The summed E-state index contributed by atoms with van der Waals surface area (Å²) in [5, 5.41) is 14.6. The first-order chi connectivity index (χ1) is 8.19. The molecule has 2 rings (SSSR count). The maximum absolute atomic E-state index is 11.3. The Labute approximate surface area is 105 Å². The number of hydrogen-bond donors (Lipinski definition) is 1. The fourth-order valence-electron chi connectivity index (χ4n) is 1.93. The molecule has 1 fully saturated rings. The number of nitrogens with zero attached hydrogens (tertiary/aromatic N) is 2. The molecule has 92 valence electrons. The highest BCUT2D eigenvalue weighted by Crippen LogP contribution is 2.08. The van der Waals surface area contributed by atoms with Crippen LogP contribution >= 0.6 is 11.6 Å². The molecule has 0 aromatic carbocycles. The molecule has 1 aliphatic rings.